The number of furan rings is 1. The van der Waals surface area contributed by atoms with Crippen LogP contribution in [0, 0.1) is 0 Å². The van der Waals surface area contributed by atoms with Crippen molar-refractivity contribution < 1.29 is 9.52 Å². The molecule has 0 unspecified atom stereocenters. The lowest BCUT2D eigenvalue weighted by Gasteiger charge is -2.06. The zero-order chi connectivity index (χ0) is 13.8. The fourth-order valence-electron chi connectivity index (χ4n) is 2.15. The first-order valence-electron chi connectivity index (χ1n) is 6.46. The Morgan fingerprint density at radius 2 is 2.00 bits per heavy atom. The highest BCUT2D eigenvalue weighted by molar-refractivity contribution is 5.81. The van der Waals surface area contributed by atoms with Gasteiger partial charge in [-0.15, -0.1) is 0 Å². The average molecular weight is 265 g/mol. The van der Waals surface area contributed by atoms with E-state index < -0.39 is 0 Å². The number of nitrogens with one attached hydrogen (secondary N) is 1. The maximum Gasteiger partial charge on any atom is 0.115 e. The largest absolute Gasteiger partial charge is 0.508 e. The summed E-state index contributed by atoms with van der Waals surface area (Å²) in [7, 11) is 0. The van der Waals surface area contributed by atoms with Gasteiger partial charge in [0.25, 0.3) is 0 Å². The van der Waals surface area contributed by atoms with E-state index in [1.165, 1.54) is 5.57 Å². The van der Waals surface area contributed by atoms with Crippen molar-refractivity contribution in [3.8, 4) is 5.75 Å². The Morgan fingerprint density at radius 3 is 2.65 bits per heavy atom. The molecule has 0 atom stereocenters. The molecule has 0 aliphatic heterocycles. The van der Waals surface area contributed by atoms with Gasteiger partial charge in [-0.3, -0.25) is 0 Å². The molecule has 3 rings (SSSR count). The van der Waals surface area contributed by atoms with Gasteiger partial charge in [0, 0.05) is 17.5 Å². The fraction of sp³-hybridized carbons (Fsp3) is 0.0588. The van der Waals surface area contributed by atoms with Crippen LogP contribution in [0.3, 0.4) is 0 Å². The Labute approximate surface area is 117 Å². The minimum Gasteiger partial charge on any atom is -0.508 e. The second-order valence-corrected chi connectivity index (χ2v) is 4.65. The predicted molar refractivity (Wildman–Crippen MR) is 79.2 cm³/mol. The third-order valence-corrected chi connectivity index (χ3v) is 3.16. The van der Waals surface area contributed by atoms with Gasteiger partial charge in [0.1, 0.15) is 5.75 Å². The summed E-state index contributed by atoms with van der Waals surface area (Å²) in [6.45, 7) is 0. The van der Waals surface area contributed by atoms with Gasteiger partial charge in [0.2, 0.25) is 0 Å². The molecule has 0 saturated heterocycles. The van der Waals surface area contributed by atoms with Crippen LogP contribution in [0.15, 0.2) is 65.6 Å². The zero-order valence-corrected chi connectivity index (χ0v) is 10.9. The van der Waals surface area contributed by atoms with Crippen molar-refractivity contribution in [1.82, 2.24) is 4.98 Å². The monoisotopic (exact) mass is 265 g/mol. The van der Waals surface area contributed by atoms with Crippen molar-refractivity contribution in [2.75, 3.05) is 0 Å². The quantitative estimate of drug-likeness (QED) is 0.746. The second kappa shape index (κ2) is 5.53. The lowest BCUT2D eigenvalue weighted by molar-refractivity contribution is 0.475. The minimum absolute atomic E-state index is 0.286. The van der Waals surface area contributed by atoms with Crippen LogP contribution in [0.5, 0.6) is 5.75 Å². The molecule has 0 spiro atoms. The van der Waals surface area contributed by atoms with Crippen LogP contribution in [0.1, 0.15) is 16.8 Å². The topological polar surface area (TPSA) is 49.2 Å². The molecule has 1 aromatic carbocycles. The molecule has 20 heavy (non-hydrogen) atoms. The summed E-state index contributed by atoms with van der Waals surface area (Å²) in [5.74, 6) is 0.286. The smallest absolute Gasteiger partial charge is 0.115 e. The van der Waals surface area contributed by atoms with Crippen molar-refractivity contribution in [1.29, 1.82) is 0 Å². The third kappa shape index (κ3) is 2.83. The Bertz CT molecular complexity index is 677. The molecule has 0 radical (unpaired) electrons. The van der Waals surface area contributed by atoms with Gasteiger partial charge in [0.05, 0.1) is 12.5 Å². The normalized spacial score (nSPS) is 11.7. The van der Waals surface area contributed by atoms with Gasteiger partial charge in [0.15, 0.2) is 0 Å². The molecule has 2 heterocycles. The van der Waals surface area contributed by atoms with Crippen LogP contribution in [0.4, 0.5) is 0 Å². The van der Waals surface area contributed by atoms with E-state index in [0.717, 1.165) is 23.2 Å². The van der Waals surface area contributed by atoms with Crippen molar-refractivity contribution >= 4 is 11.6 Å². The van der Waals surface area contributed by atoms with Crippen LogP contribution in [0.2, 0.25) is 0 Å². The van der Waals surface area contributed by atoms with E-state index in [1.807, 2.05) is 36.5 Å². The summed E-state index contributed by atoms with van der Waals surface area (Å²) in [5, 5.41) is 9.35. The lowest BCUT2D eigenvalue weighted by Crippen LogP contribution is -1.91. The Balaban J connectivity index is 1.92. The third-order valence-electron chi connectivity index (χ3n) is 3.16. The van der Waals surface area contributed by atoms with Gasteiger partial charge >= 0.3 is 0 Å². The number of aromatic hydroxyl groups is 1. The number of phenolic OH excluding ortho intramolecular Hbond substituents is 1. The standard InChI is InChI=1S/C17H15NO2/c19-16-5-3-13(4-6-16)10-15(17-2-1-8-18-17)11-14-7-9-20-12-14/h1-9,11-12,18-19H,10H2. The lowest BCUT2D eigenvalue weighted by atomic mass is 10.0. The van der Waals surface area contributed by atoms with Crippen LogP contribution >= 0.6 is 0 Å². The molecule has 0 aliphatic carbocycles. The van der Waals surface area contributed by atoms with E-state index in [1.54, 1.807) is 24.7 Å². The van der Waals surface area contributed by atoms with E-state index in [4.69, 9.17) is 4.42 Å². The molecule has 0 bridgehead atoms. The number of benzene rings is 1. The molecular weight excluding hydrogens is 250 g/mol. The van der Waals surface area contributed by atoms with Crippen LogP contribution < -0.4 is 0 Å². The number of aromatic amines is 1. The predicted octanol–water partition coefficient (Wildman–Crippen LogP) is 4.10. The van der Waals surface area contributed by atoms with Gasteiger partial charge < -0.3 is 14.5 Å². The number of hydrogen-bond acceptors (Lipinski definition) is 2. The Morgan fingerprint density at radius 1 is 1.15 bits per heavy atom. The first-order chi connectivity index (χ1) is 9.81. The summed E-state index contributed by atoms with van der Waals surface area (Å²) >= 11 is 0. The molecule has 0 amide bonds. The number of rotatable bonds is 4. The highest BCUT2D eigenvalue weighted by atomic mass is 16.3. The van der Waals surface area contributed by atoms with Gasteiger partial charge in [-0.2, -0.15) is 0 Å². The van der Waals surface area contributed by atoms with Crippen molar-refractivity contribution in [3.05, 3.63) is 78.0 Å². The van der Waals surface area contributed by atoms with Gasteiger partial charge in [-0.05, 0) is 54.0 Å². The number of phenols is 1. The van der Waals surface area contributed by atoms with Crippen LogP contribution in [-0.4, -0.2) is 10.1 Å². The van der Waals surface area contributed by atoms with E-state index in [2.05, 4.69) is 11.1 Å². The number of aromatic nitrogens is 1. The van der Waals surface area contributed by atoms with Gasteiger partial charge in [-0.25, -0.2) is 0 Å². The summed E-state index contributed by atoms with van der Waals surface area (Å²) in [6, 6.07) is 13.2. The average Bonchev–Trinajstić information content (AvgIpc) is 3.12. The highest BCUT2D eigenvalue weighted by Gasteiger charge is 2.05. The maximum atomic E-state index is 9.35. The Kier molecular flexibility index (Phi) is 3.42. The molecule has 0 saturated carbocycles. The van der Waals surface area contributed by atoms with Gasteiger partial charge in [-0.1, -0.05) is 12.1 Å². The van der Waals surface area contributed by atoms with Crippen molar-refractivity contribution in [3.63, 3.8) is 0 Å². The molecule has 2 N–H and O–H groups in total. The first kappa shape index (κ1) is 12.4. The highest BCUT2D eigenvalue weighted by Crippen LogP contribution is 2.22. The zero-order valence-electron chi connectivity index (χ0n) is 10.9. The molecule has 2 aromatic heterocycles. The summed E-state index contributed by atoms with van der Waals surface area (Å²) in [5.41, 5.74) is 4.43. The second-order valence-electron chi connectivity index (χ2n) is 4.65. The molecule has 100 valence electrons. The molecule has 0 fully saturated rings. The van der Waals surface area contributed by atoms with Crippen molar-refractivity contribution in [2.24, 2.45) is 0 Å². The summed E-state index contributed by atoms with van der Waals surface area (Å²) < 4.78 is 5.11. The van der Waals surface area contributed by atoms with E-state index in [9.17, 15) is 5.11 Å². The van der Waals surface area contributed by atoms with E-state index >= 15 is 0 Å². The first-order valence-corrected chi connectivity index (χ1v) is 6.46. The van der Waals surface area contributed by atoms with Crippen LogP contribution in [-0.2, 0) is 6.42 Å². The molecule has 3 nitrogen and oxygen atoms in total. The van der Waals surface area contributed by atoms with E-state index in [-0.39, 0.29) is 5.75 Å². The number of allylic oxidation sites excluding steroid dienone is 1. The SMILES string of the molecule is Oc1ccc(CC(=Cc2ccoc2)c2ccc[nH]2)cc1. The molecule has 3 aromatic rings. The fourth-order valence-corrected chi connectivity index (χ4v) is 2.15. The number of hydrogen-bond donors (Lipinski definition) is 2. The van der Waals surface area contributed by atoms with Crippen LogP contribution in [0.25, 0.3) is 11.6 Å². The minimum atomic E-state index is 0.286. The van der Waals surface area contributed by atoms with E-state index in [0.29, 0.717) is 0 Å². The maximum absolute atomic E-state index is 9.35. The molecule has 0 aliphatic rings. The Hall–Kier alpha value is -2.68. The summed E-state index contributed by atoms with van der Waals surface area (Å²) in [6.07, 6.45) is 8.18. The molecular formula is C17H15NO2. The van der Waals surface area contributed by atoms with Crippen molar-refractivity contribution in [2.45, 2.75) is 6.42 Å². The summed E-state index contributed by atoms with van der Waals surface area (Å²) in [4.78, 5) is 3.23. The molecule has 3 heteroatoms. The number of H-pyrrole nitrogens is 1.